The third kappa shape index (κ3) is 3.06. The molecule has 1 heterocycles. The van der Waals surface area contributed by atoms with Crippen molar-refractivity contribution in [3.8, 4) is 11.5 Å². The largest absolute Gasteiger partial charge is 0.507 e. The molecule has 25 heavy (non-hydrogen) atoms. The maximum Gasteiger partial charge on any atom is 0.275 e. The number of aromatic hydroxyl groups is 1. The molecule has 3 aromatic rings. The summed E-state index contributed by atoms with van der Waals surface area (Å²) >= 11 is 0. The van der Waals surface area contributed by atoms with E-state index in [1.807, 2.05) is 32.2 Å². The molecule has 0 fully saturated rings. The van der Waals surface area contributed by atoms with E-state index in [2.05, 4.69) is 15.1 Å². The maximum atomic E-state index is 12.1. The van der Waals surface area contributed by atoms with Crippen LogP contribution in [0, 0.1) is 6.92 Å². The first-order chi connectivity index (χ1) is 12.0. The lowest BCUT2D eigenvalue weighted by atomic mass is 10.1. The summed E-state index contributed by atoms with van der Waals surface area (Å²) in [7, 11) is 3.60. The van der Waals surface area contributed by atoms with Crippen molar-refractivity contribution in [1.82, 2.24) is 9.99 Å². The van der Waals surface area contributed by atoms with Crippen molar-refractivity contribution in [2.75, 3.05) is 7.11 Å². The molecule has 0 aliphatic rings. The summed E-state index contributed by atoms with van der Waals surface area (Å²) in [5, 5.41) is 14.7. The number of phenolic OH excluding ortho intramolecular Hbond substituents is 1. The van der Waals surface area contributed by atoms with Gasteiger partial charge >= 0.3 is 0 Å². The van der Waals surface area contributed by atoms with Gasteiger partial charge in [-0.25, -0.2) is 5.43 Å². The summed E-state index contributed by atoms with van der Waals surface area (Å²) < 4.78 is 7.35. The number of benzene rings is 2. The number of rotatable bonds is 4. The number of amides is 1. The molecule has 128 valence electrons. The van der Waals surface area contributed by atoms with E-state index in [-0.39, 0.29) is 11.3 Å². The van der Waals surface area contributed by atoms with Gasteiger partial charge in [-0.1, -0.05) is 12.1 Å². The van der Waals surface area contributed by atoms with Crippen LogP contribution >= 0.6 is 0 Å². The van der Waals surface area contributed by atoms with Crippen molar-refractivity contribution in [2.45, 2.75) is 6.92 Å². The molecule has 6 heteroatoms. The van der Waals surface area contributed by atoms with Crippen molar-refractivity contribution in [3.05, 3.63) is 59.3 Å². The first-order valence-electron chi connectivity index (χ1n) is 7.77. The molecule has 1 aromatic heterocycles. The number of ether oxygens (including phenoxy) is 1. The minimum Gasteiger partial charge on any atom is -0.507 e. The molecule has 0 saturated heterocycles. The lowest BCUT2D eigenvalue weighted by molar-refractivity contribution is 0.0952. The average Bonchev–Trinajstić information content (AvgIpc) is 2.86. The first kappa shape index (κ1) is 16.6. The smallest absolute Gasteiger partial charge is 0.275 e. The molecule has 0 aliphatic carbocycles. The second-order valence-corrected chi connectivity index (χ2v) is 5.66. The number of carbonyl (C=O) groups excluding carboxylic acids is 1. The fourth-order valence-corrected chi connectivity index (χ4v) is 2.75. The number of hydrogen-bond acceptors (Lipinski definition) is 4. The fraction of sp³-hybridized carbons (Fsp3) is 0.158. The van der Waals surface area contributed by atoms with Gasteiger partial charge in [-0.2, -0.15) is 5.10 Å². The highest BCUT2D eigenvalue weighted by molar-refractivity contribution is 6.02. The van der Waals surface area contributed by atoms with Crippen molar-refractivity contribution in [2.24, 2.45) is 12.1 Å². The topological polar surface area (TPSA) is 75.8 Å². The Hall–Kier alpha value is -3.28. The monoisotopic (exact) mass is 337 g/mol. The van der Waals surface area contributed by atoms with Gasteiger partial charge in [0.1, 0.15) is 11.5 Å². The van der Waals surface area contributed by atoms with E-state index in [1.165, 1.54) is 12.1 Å². The highest BCUT2D eigenvalue weighted by Gasteiger charge is 2.12. The third-order valence-electron chi connectivity index (χ3n) is 4.26. The summed E-state index contributed by atoms with van der Waals surface area (Å²) in [6, 6.07) is 12.2. The molecule has 0 saturated carbocycles. The Morgan fingerprint density at radius 1 is 1.28 bits per heavy atom. The maximum absolute atomic E-state index is 12.1. The van der Waals surface area contributed by atoms with Crippen LogP contribution < -0.4 is 10.2 Å². The van der Waals surface area contributed by atoms with Crippen LogP contribution in [0.15, 0.2) is 47.6 Å². The highest BCUT2D eigenvalue weighted by atomic mass is 16.5. The molecule has 0 atom stereocenters. The van der Waals surface area contributed by atoms with E-state index in [0.29, 0.717) is 0 Å². The van der Waals surface area contributed by atoms with E-state index in [4.69, 9.17) is 4.74 Å². The van der Waals surface area contributed by atoms with Crippen molar-refractivity contribution >= 4 is 23.0 Å². The Morgan fingerprint density at radius 3 is 2.76 bits per heavy atom. The molecular weight excluding hydrogens is 318 g/mol. The average molecular weight is 337 g/mol. The van der Waals surface area contributed by atoms with E-state index >= 15 is 0 Å². The number of hydrazone groups is 1. The highest BCUT2D eigenvalue weighted by Crippen LogP contribution is 2.27. The Bertz CT molecular complexity index is 973. The Balaban J connectivity index is 1.90. The quantitative estimate of drug-likeness (QED) is 0.568. The van der Waals surface area contributed by atoms with Crippen molar-refractivity contribution in [3.63, 3.8) is 0 Å². The molecular formula is C19H19N3O3. The number of hydrogen-bond donors (Lipinski definition) is 2. The normalized spacial score (nSPS) is 11.2. The van der Waals surface area contributed by atoms with Crippen LogP contribution in [-0.2, 0) is 7.05 Å². The molecule has 0 bridgehead atoms. The molecule has 1 amide bonds. The first-order valence-corrected chi connectivity index (χ1v) is 7.77. The van der Waals surface area contributed by atoms with Crippen LogP contribution in [0.2, 0.25) is 0 Å². The zero-order chi connectivity index (χ0) is 18.0. The van der Waals surface area contributed by atoms with Crippen molar-refractivity contribution in [1.29, 1.82) is 0 Å². The van der Waals surface area contributed by atoms with E-state index in [1.54, 1.807) is 25.5 Å². The molecule has 0 unspecified atom stereocenters. The van der Waals surface area contributed by atoms with Crippen LogP contribution in [-0.4, -0.2) is 28.9 Å². The molecule has 2 N–H and O–H groups in total. The third-order valence-corrected chi connectivity index (χ3v) is 4.26. The predicted octanol–water partition coefficient (Wildman–Crippen LogP) is 2.96. The molecule has 3 rings (SSSR count). The molecule has 0 spiro atoms. The molecule has 0 radical (unpaired) electrons. The van der Waals surface area contributed by atoms with Gasteiger partial charge in [0, 0.05) is 29.2 Å². The standard InChI is InChI=1S/C19H19N3O3/c1-12-16(15-10-13(25-3)8-9-17(15)22(12)2)11-20-21-19(24)14-6-4-5-7-18(14)23/h4-11,23H,1-3H3,(H,21,24). The predicted molar refractivity (Wildman–Crippen MR) is 97.4 cm³/mol. The van der Waals surface area contributed by atoms with Gasteiger partial charge in [-0.15, -0.1) is 0 Å². The van der Waals surface area contributed by atoms with Gasteiger partial charge < -0.3 is 14.4 Å². The number of nitrogens with zero attached hydrogens (tertiary/aromatic N) is 2. The Morgan fingerprint density at radius 2 is 2.04 bits per heavy atom. The van der Waals surface area contributed by atoms with Crippen LogP contribution in [0.25, 0.3) is 10.9 Å². The number of fused-ring (bicyclic) bond motifs is 1. The van der Waals surface area contributed by atoms with Crippen LogP contribution in [0.5, 0.6) is 11.5 Å². The summed E-state index contributed by atoms with van der Waals surface area (Å²) in [6.07, 6.45) is 1.61. The number of methoxy groups -OCH3 is 1. The lowest BCUT2D eigenvalue weighted by Gasteiger charge is -2.02. The van der Waals surface area contributed by atoms with Gasteiger partial charge in [0.05, 0.1) is 18.9 Å². The summed E-state index contributed by atoms with van der Waals surface area (Å²) in [6.45, 7) is 1.98. The SMILES string of the molecule is COc1ccc2c(c1)c(C=NNC(=O)c1ccccc1O)c(C)n2C. The van der Waals surface area contributed by atoms with Gasteiger partial charge in [0.15, 0.2) is 0 Å². The Labute approximate surface area is 145 Å². The van der Waals surface area contributed by atoms with E-state index in [9.17, 15) is 9.90 Å². The lowest BCUT2D eigenvalue weighted by Crippen LogP contribution is -2.17. The number of phenols is 1. The van der Waals surface area contributed by atoms with E-state index < -0.39 is 5.91 Å². The second-order valence-electron chi connectivity index (χ2n) is 5.66. The molecule has 6 nitrogen and oxygen atoms in total. The molecule has 0 aliphatic heterocycles. The Kier molecular flexibility index (Phi) is 4.43. The van der Waals surface area contributed by atoms with Crippen LogP contribution in [0.1, 0.15) is 21.6 Å². The summed E-state index contributed by atoms with van der Waals surface area (Å²) in [4.78, 5) is 12.1. The minimum atomic E-state index is -0.468. The van der Waals surface area contributed by atoms with Gasteiger partial charge in [0.25, 0.3) is 5.91 Å². The number of aryl methyl sites for hydroxylation is 1. The number of nitrogens with one attached hydrogen (secondary N) is 1. The van der Waals surface area contributed by atoms with E-state index in [0.717, 1.165) is 27.9 Å². The summed E-state index contributed by atoms with van der Waals surface area (Å²) in [5.41, 5.74) is 5.59. The van der Waals surface area contributed by atoms with Gasteiger partial charge in [0.2, 0.25) is 0 Å². The zero-order valence-corrected chi connectivity index (χ0v) is 14.3. The van der Waals surface area contributed by atoms with Crippen molar-refractivity contribution < 1.29 is 14.6 Å². The molecule has 2 aromatic carbocycles. The van der Waals surface area contributed by atoms with Gasteiger partial charge in [-0.05, 0) is 37.3 Å². The number of para-hydroxylation sites is 1. The number of aromatic nitrogens is 1. The van der Waals surface area contributed by atoms with Crippen LogP contribution in [0.4, 0.5) is 0 Å². The minimum absolute atomic E-state index is 0.0822. The zero-order valence-electron chi connectivity index (χ0n) is 14.3. The van der Waals surface area contributed by atoms with Crippen LogP contribution in [0.3, 0.4) is 0 Å². The fourth-order valence-electron chi connectivity index (χ4n) is 2.75. The summed E-state index contributed by atoms with van der Waals surface area (Å²) in [5.74, 6) is 0.206. The van der Waals surface area contributed by atoms with Gasteiger partial charge in [-0.3, -0.25) is 4.79 Å². The number of carbonyl (C=O) groups is 1. The second kappa shape index (κ2) is 6.68.